The molecule has 1 saturated carbocycles. The zero-order valence-electron chi connectivity index (χ0n) is 12.6. The van der Waals surface area contributed by atoms with Crippen molar-refractivity contribution in [3.63, 3.8) is 0 Å². The third-order valence-corrected chi connectivity index (χ3v) is 4.41. The molecule has 4 heteroatoms. The molecule has 1 amide bonds. The molecular formula is C18H18N2O2. The number of ether oxygens (including phenoxy) is 1. The van der Waals surface area contributed by atoms with Gasteiger partial charge in [0.05, 0.1) is 30.7 Å². The number of rotatable bonds is 4. The molecule has 1 aromatic rings. The molecule has 3 rings (SSSR count). The summed E-state index contributed by atoms with van der Waals surface area (Å²) in [6.45, 7) is 2.93. The number of carbonyl (C=O) groups excluding carboxylic acids is 1. The summed E-state index contributed by atoms with van der Waals surface area (Å²) in [4.78, 5) is 12.1. The Labute approximate surface area is 130 Å². The molecule has 1 aliphatic heterocycles. The van der Waals surface area contributed by atoms with E-state index in [1.54, 1.807) is 13.0 Å². The van der Waals surface area contributed by atoms with E-state index < -0.39 is 5.60 Å². The fourth-order valence-corrected chi connectivity index (χ4v) is 2.88. The SMILES string of the molecule is CC#C[C@@H]1C[C@@H]1C(=O)NC[C@@]1(c2cccc(C#N)c2)CCO1. The number of nitrogens with zero attached hydrogens (tertiary/aromatic N) is 1. The van der Waals surface area contributed by atoms with Crippen molar-refractivity contribution in [1.82, 2.24) is 5.32 Å². The molecule has 2 aliphatic rings. The first kappa shape index (κ1) is 14.6. The summed E-state index contributed by atoms with van der Waals surface area (Å²) < 4.78 is 5.78. The third-order valence-electron chi connectivity index (χ3n) is 4.41. The molecule has 0 radical (unpaired) electrons. The van der Waals surface area contributed by atoms with Crippen LogP contribution >= 0.6 is 0 Å². The Bertz CT molecular complexity index is 689. The molecule has 1 N–H and O–H groups in total. The molecule has 0 unspecified atom stereocenters. The van der Waals surface area contributed by atoms with E-state index in [1.807, 2.05) is 18.2 Å². The van der Waals surface area contributed by atoms with Gasteiger partial charge in [0, 0.05) is 12.3 Å². The second-order valence-corrected chi connectivity index (χ2v) is 5.85. The van der Waals surface area contributed by atoms with Crippen LogP contribution in [0.3, 0.4) is 0 Å². The van der Waals surface area contributed by atoms with E-state index in [1.165, 1.54) is 0 Å². The highest BCUT2D eigenvalue weighted by Crippen LogP contribution is 2.40. The molecule has 22 heavy (non-hydrogen) atoms. The average molecular weight is 294 g/mol. The Hall–Kier alpha value is -2.30. The first-order valence-electron chi connectivity index (χ1n) is 7.53. The van der Waals surface area contributed by atoms with Crippen molar-refractivity contribution in [3.05, 3.63) is 35.4 Å². The highest BCUT2D eigenvalue weighted by molar-refractivity contribution is 5.82. The number of hydrogen-bond donors (Lipinski definition) is 1. The minimum Gasteiger partial charge on any atom is -0.368 e. The van der Waals surface area contributed by atoms with Gasteiger partial charge in [-0.25, -0.2) is 0 Å². The summed E-state index contributed by atoms with van der Waals surface area (Å²) in [6.07, 6.45) is 1.70. The predicted molar refractivity (Wildman–Crippen MR) is 81.5 cm³/mol. The second kappa shape index (κ2) is 5.83. The van der Waals surface area contributed by atoms with Crippen LogP contribution in [0.1, 0.15) is 30.9 Å². The Morgan fingerprint density at radius 3 is 3.00 bits per heavy atom. The lowest BCUT2D eigenvalue weighted by atomic mass is 9.85. The first-order valence-corrected chi connectivity index (χ1v) is 7.53. The van der Waals surface area contributed by atoms with Gasteiger partial charge in [0.1, 0.15) is 5.60 Å². The van der Waals surface area contributed by atoms with Crippen LogP contribution in [0.5, 0.6) is 0 Å². The van der Waals surface area contributed by atoms with E-state index in [0.29, 0.717) is 18.7 Å². The van der Waals surface area contributed by atoms with Gasteiger partial charge in [-0.05, 0) is 31.0 Å². The van der Waals surface area contributed by atoms with Gasteiger partial charge >= 0.3 is 0 Å². The maximum absolute atomic E-state index is 12.1. The fourth-order valence-electron chi connectivity index (χ4n) is 2.88. The molecule has 112 valence electrons. The van der Waals surface area contributed by atoms with E-state index in [4.69, 9.17) is 10.00 Å². The van der Waals surface area contributed by atoms with Crippen molar-refractivity contribution in [2.75, 3.05) is 13.2 Å². The maximum Gasteiger partial charge on any atom is 0.224 e. The predicted octanol–water partition coefficient (Wildman–Crippen LogP) is 1.95. The highest BCUT2D eigenvalue weighted by Gasteiger charge is 2.45. The lowest BCUT2D eigenvalue weighted by Gasteiger charge is -2.42. The molecule has 1 aliphatic carbocycles. The van der Waals surface area contributed by atoms with Crippen LogP contribution in [0.2, 0.25) is 0 Å². The Morgan fingerprint density at radius 1 is 1.55 bits per heavy atom. The van der Waals surface area contributed by atoms with E-state index in [0.717, 1.165) is 18.4 Å². The van der Waals surface area contributed by atoms with Gasteiger partial charge in [-0.2, -0.15) is 5.26 Å². The first-order chi connectivity index (χ1) is 10.7. The summed E-state index contributed by atoms with van der Waals surface area (Å²) in [5.74, 6) is 6.20. The summed E-state index contributed by atoms with van der Waals surface area (Å²) in [6, 6.07) is 9.56. The van der Waals surface area contributed by atoms with E-state index in [2.05, 4.69) is 23.2 Å². The maximum atomic E-state index is 12.1. The van der Waals surface area contributed by atoms with Crippen molar-refractivity contribution in [3.8, 4) is 17.9 Å². The lowest BCUT2D eigenvalue weighted by molar-refractivity contribution is -0.155. The van der Waals surface area contributed by atoms with Crippen LogP contribution in [0, 0.1) is 35.0 Å². The highest BCUT2D eigenvalue weighted by atomic mass is 16.5. The molecule has 4 nitrogen and oxygen atoms in total. The van der Waals surface area contributed by atoms with Gasteiger partial charge in [-0.1, -0.05) is 18.1 Å². The minimum absolute atomic E-state index is 0.0232. The monoisotopic (exact) mass is 294 g/mol. The molecule has 0 bridgehead atoms. The number of amides is 1. The van der Waals surface area contributed by atoms with E-state index >= 15 is 0 Å². The molecule has 1 heterocycles. The van der Waals surface area contributed by atoms with Gasteiger partial charge in [-0.3, -0.25) is 4.79 Å². The molecule has 3 atom stereocenters. The van der Waals surface area contributed by atoms with Crippen molar-refractivity contribution >= 4 is 5.91 Å². The average Bonchev–Trinajstić information content (AvgIpc) is 3.26. The second-order valence-electron chi connectivity index (χ2n) is 5.85. The van der Waals surface area contributed by atoms with Gasteiger partial charge < -0.3 is 10.1 Å². The van der Waals surface area contributed by atoms with Crippen LogP contribution in [-0.2, 0) is 15.1 Å². The largest absolute Gasteiger partial charge is 0.368 e. The van der Waals surface area contributed by atoms with Crippen LogP contribution in [-0.4, -0.2) is 19.1 Å². The summed E-state index contributed by atoms with van der Waals surface area (Å²) in [5, 5.41) is 12.0. The van der Waals surface area contributed by atoms with Crippen LogP contribution in [0.4, 0.5) is 0 Å². The fraction of sp³-hybridized carbons (Fsp3) is 0.444. The smallest absolute Gasteiger partial charge is 0.224 e. The third kappa shape index (κ3) is 2.71. The van der Waals surface area contributed by atoms with Crippen molar-refractivity contribution in [2.45, 2.75) is 25.4 Å². The summed E-state index contributed by atoms with van der Waals surface area (Å²) in [7, 11) is 0. The van der Waals surface area contributed by atoms with E-state index in [-0.39, 0.29) is 17.7 Å². The van der Waals surface area contributed by atoms with Crippen LogP contribution in [0.25, 0.3) is 0 Å². The molecule has 0 spiro atoms. The molecule has 1 saturated heterocycles. The topological polar surface area (TPSA) is 62.1 Å². The number of carbonyl (C=O) groups is 1. The normalized spacial score (nSPS) is 28.5. The van der Waals surface area contributed by atoms with Crippen LogP contribution < -0.4 is 5.32 Å². The molecule has 1 aromatic carbocycles. The van der Waals surface area contributed by atoms with Gasteiger partial charge in [0.15, 0.2) is 0 Å². The van der Waals surface area contributed by atoms with Crippen LogP contribution in [0.15, 0.2) is 24.3 Å². The Balaban J connectivity index is 1.65. The van der Waals surface area contributed by atoms with Crippen molar-refractivity contribution in [1.29, 1.82) is 5.26 Å². The Kier molecular flexibility index (Phi) is 3.88. The number of nitriles is 1. The lowest BCUT2D eigenvalue weighted by Crippen LogP contribution is -2.50. The summed E-state index contributed by atoms with van der Waals surface area (Å²) >= 11 is 0. The zero-order chi connectivity index (χ0) is 15.6. The number of nitrogens with one attached hydrogen (secondary N) is 1. The molecule has 0 aromatic heterocycles. The number of hydrogen-bond acceptors (Lipinski definition) is 3. The van der Waals surface area contributed by atoms with Crippen molar-refractivity contribution < 1.29 is 9.53 Å². The number of benzene rings is 1. The van der Waals surface area contributed by atoms with E-state index in [9.17, 15) is 4.79 Å². The quantitative estimate of drug-likeness (QED) is 0.863. The van der Waals surface area contributed by atoms with Gasteiger partial charge in [0.25, 0.3) is 0 Å². The Morgan fingerprint density at radius 2 is 2.36 bits per heavy atom. The zero-order valence-corrected chi connectivity index (χ0v) is 12.6. The molecule has 2 fully saturated rings. The minimum atomic E-state index is -0.483. The summed E-state index contributed by atoms with van der Waals surface area (Å²) in [5.41, 5.74) is 1.08. The van der Waals surface area contributed by atoms with Gasteiger partial charge in [0.2, 0.25) is 5.91 Å². The standard InChI is InChI=1S/C18H18N2O2/c1-2-4-14-10-16(14)17(21)20-12-18(7-8-22-18)15-6-3-5-13(9-15)11-19/h3,5-6,9,14,16H,7-8,10,12H2,1H3,(H,20,21)/t14-,16+,18-/m1/s1. The molecular weight excluding hydrogens is 276 g/mol. The van der Waals surface area contributed by atoms with Crippen molar-refractivity contribution in [2.24, 2.45) is 11.8 Å². The van der Waals surface area contributed by atoms with Gasteiger partial charge in [-0.15, -0.1) is 5.92 Å².